The second kappa shape index (κ2) is 25.9. The molecule has 3 N–H and O–H groups in total. The number of aliphatic carboxylic acids is 1. The number of allylic oxidation sites excluding steroid dienone is 10. The molecule has 0 aliphatic rings. The van der Waals surface area contributed by atoms with E-state index >= 15 is 0 Å². The Labute approximate surface area is 233 Å². The number of esters is 1. The molecule has 0 rings (SSSR count). The number of carboxylic acids is 1. The van der Waals surface area contributed by atoms with Gasteiger partial charge in [-0.3, -0.25) is 9.59 Å². The lowest BCUT2D eigenvalue weighted by atomic mass is 10.1. The summed E-state index contributed by atoms with van der Waals surface area (Å²) < 4.78 is 4.40. The first-order chi connectivity index (χ1) is 18.9. The van der Waals surface area contributed by atoms with Crippen molar-refractivity contribution in [1.29, 1.82) is 0 Å². The summed E-state index contributed by atoms with van der Waals surface area (Å²) >= 11 is 0. The van der Waals surface area contributed by atoms with Crippen molar-refractivity contribution in [3.05, 3.63) is 72.9 Å². The Balaban J connectivity index is 3.94. The Kier molecular flexibility index (Phi) is 23.5. The summed E-state index contributed by atoms with van der Waals surface area (Å²) in [6, 6.07) is -0.957. The van der Waals surface area contributed by atoms with E-state index in [1.54, 1.807) is 0 Å². The van der Waals surface area contributed by atoms with Gasteiger partial charge in [0.25, 0.3) is 0 Å². The van der Waals surface area contributed by atoms with Gasteiger partial charge in [-0.25, -0.2) is 9.59 Å². The van der Waals surface area contributed by atoms with Crippen LogP contribution >= 0.6 is 0 Å². The molecule has 0 radical (unpaired) electrons. The van der Waals surface area contributed by atoms with Crippen LogP contribution in [0.4, 0.5) is 0 Å². The van der Waals surface area contributed by atoms with E-state index in [0.717, 1.165) is 50.7 Å². The van der Waals surface area contributed by atoms with Gasteiger partial charge in [0, 0.05) is 25.1 Å². The highest BCUT2D eigenvalue weighted by atomic mass is 16.5. The van der Waals surface area contributed by atoms with Crippen LogP contribution in [0.1, 0.15) is 77.6 Å². The van der Waals surface area contributed by atoms with E-state index in [1.807, 2.05) is 6.08 Å². The predicted octanol–water partition coefficient (Wildman–Crippen LogP) is 5.49. The SMILES string of the molecule is CCC=CCC=CCC=CCC=CCC=CCCCC(=O)N[C@@H](CCCCNC(=O)C=CC(=O)OC)C(=O)O. The van der Waals surface area contributed by atoms with Crippen LogP contribution < -0.4 is 10.6 Å². The molecule has 0 aliphatic carbocycles. The molecular formula is C31H46N2O6. The highest BCUT2D eigenvalue weighted by Crippen LogP contribution is 2.04. The van der Waals surface area contributed by atoms with E-state index in [1.165, 1.54) is 7.11 Å². The van der Waals surface area contributed by atoms with Gasteiger partial charge in [-0.1, -0.05) is 67.7 Å². The first kappa shape index (κ1) is 35.3. The molecule has 0 saturated carbocycles. The van der Waals surface area contributed by atoms with Crippen molar-refractivity contribution in [2.75, 3.05) is 13.7 Å². The molecule has 8 nitrogen and oxygen atoms in total. The third-order valence-electron chi connectivity index (χ3n) is 5.36. The summed E-state index contributed by atoms with van der Waals surface area (Å²) in [5.41, 5.74) is 0. The number of rotatable bonds is 22. The van der Waals surface area contributed by atoms with Gasteiger partial charge < -0.3 is 20.5 Å². The lowest BCUT2D eigenvalue weighted by Gasteiger charge is -2.14. The molecule has 0 aromatic carbocycles. The summed E-state index contributed by atoms with van der Waals surface area (Å²) in [6.45, 7) is 2.46. The average molecular weight is 543 g/mol. The molecule has 8 heteroatoms. The van der Waals surface area contributed by atoms with E-state index in [2.05, 4.69) is 77.0 Å². The lowest BCUT2D eigenvalue weighted by molar-refractivity contribution is -0.142. The third-order valence-corrected chi connectivity index (χ3v) is 5.36. The molecule has 0 fully saturated rings. The molecule has 0 aromatic heterocycles. The number of ether oxygens (including phenoxy) is 1. The number of carboxylic acid groups (broad SMARTS) is 1. The smallest absolute Gasteiger partial charge is 0.330 e. The molecule has 0 aromatic rings. The summed E-state index contributed by atoms with van der Waals surface area (Å²) in [5, 5.41) is 14.5. The van der Waals surface area contributed by atoms with Crippen molar-refractivity contribution >= 4 is 23.8 Å². The molecule has 0 aliphatic heterocycles. The van der Waals surface area contributed by atoms with Gasteiger partial charge >= 0.3 is 11.9 Å². The summed E-state index contributed by atoms with van der Waals surface area (Å²) in [7, 11) is 1.22. The number of methoxy groups -OCH3 is 1. The number of unbranched alkanes of at least 4 members (excludes halogenated alkanes) is 2. The molecule has 0 bridgehead atoms. The summed E-state index contributed by atoms with van der Waals surface area (Å²) in [5.74, 6) is -2.42. The van der Waals surface area contributed by atoms with Gasteiger partial charge in [0.2, 0.25) is 11.8 Å². The zero-order chi connectivity index (χ0) is 29.0. The normalized spacial score (nSPS) is 12.9. The molecule has 0 unspecified atom stereocenters. The van der Waals surface area contributed by atoms with Crippen LogP contribution in [0, 0.1) is 0 Å². The van der Waals surface area contributed by atoms with Gasteiger partial charge in [-0.05, 0) is 64.2 Å². The van der Waals surface area contributed by atoms with Crippen molar-refractivity contribution < 1.29 is 29.0 Å². The molecule has 2 amide bonds. The molecule has 216 valence electrons. The average Bonchev–Trinajstić information content (AvgIpc) is 2.92. The van der Waals surface area contributed by atoms with Crippen molar-refractivity contribution in [2.45, 2.75) is 83.6 Å². The van der Waals surface area contributed by atoms with Crippen LogP contribution in [0.3, 0.4) is 0 Å². The minimum absolute atomic E-state index is 0.265. The highest BCUT2D eigenvalue weighted by molar-refractivity contribution is 5.94. The van der Waals surface area contributed by atoms with Crippen LogP contribution in [-0.4, -0.2) is 48.6 Å². The van der Waals surface area contributed by atoms with Crippen molar-refractivity contribution in [3.63, 3.8) is 0 Å². The number of hydrogen-bond donors (Lipinski definition) is 3. The zero-order valence-electron chi connectivity index (χ0n) is 23.5. The van der Waals surface area contributed by atoms with Crippen LogP contribution in [0.15, 0.2) is 72.9 Å². The maximum atomic E-state index is 12.1. The fraction of sp³-hybridized carbons (Fsp3) is 0.484. The Morgan fingerprint density at radius 3 is 1.87 bits per heavy atom. The summed E-state index contributed by atoms with van der Waals surface area (Å²) in [6.07, 6.45) is 31.2. The highest BCUT2D eigenvalue weighted by Gasteiger charge is 2.18. The van der Waals surface area contributed by atoms with Gasteiger partial charge in [0.15, 0.2) is 0 Å². The Bertz CT molecular complexity index is 884. The largest absolute Gasteiger partial charge is 0.480 e. The summed E-state index contributed by atoms with van der Waals surface area (Å²) in [4.78, 5) is 46.1. The van der Waals surface area contributed by atoms with Gasteiger partial charge in [0.05, 0.1) is 7.11 Å². The van der Waals surface area contributed by atoms with Crippen molar-refractivity contribution in [1.82, 2.24) is 10.6 Å². The fourth-order valence-corrected chi connectivity index (χ4v) is 3.23. The second-order valence-corrected chi connectivity index (χ2v) is 8.70. The first-order valence-corrected chi connectivity index (χ1v) is 13.7. The Morgan fingerprint density at radius 1 is 0.769 bits per heavy atom. The standard InChI is InChI=1S/C31H46N2O6/c1-3-4-5-6-7-8-9-10-11-12-13-14-15-16-17-18-19-23-29(35)33-27(31(37)38)22-20-21-26-32-28(34)24-25-30(36)39-2/h4-5,7-8,10-11,13-14,16-17,24-25,27H,3,6,9,12,15,18-23,26H2,1-2H3,(H,32,34)(H,33,35)(H,37,38)/t27-/m0/s1. The maximum Gasteiger partial charge on any atom is 0.330 e. The minimum Gasteiger partial charge on any atom is -0.480 e. The Morgan fingerprint density at radius 2 is 1.33 bits per heavy atom. The van der Waals surface area contributed by atoms with E-state index < -0.39 is 23.9 Å². The fourth-order valence-electron chi connectivity index (χ4n) is 3.23. The number of amides is 2. The predicted molar refractivity (Wildman–Crippen MR) is 156 cm³/mol. The van der Waals surface area contributed by atoms with E-state index in [4.69, 9.17) is 0 Å². The number of carbonyl (C=O) groups is 4. The number of carbonyl (C=O) groups excluding carboxylic acids is 3. The molecule has 0 heterocycles. The zero-order valence-corrected chi connectivity index (χ0v) is 23.5. The second-order valence-electron chi connectivity index (χ2n) is 8.70. The maximum absolute atomic E-state index is 12.1. The molecule has 1 atom stereocenters. The van der Waals surface area contributed by atoms with Crippen LogP contribution in [-0.2, 0) is 23.9 Å². The van der Waals surface area contributed by atoms with E-state index in [-0.39, 0.29) is 18.7 Å². The van der Waals surface area contributed by atoms with E-state index in [0.29, 0.717) is 25.8 Å². The van der Waals surface area contributed by atoms with Crippen LogP contribution in [0.25, 0.3) is 0 Å². The van der Waals surface area contributed by atoms with Crippen LogP contribution in [0.5, 0.6) is 0 Å². The molecular weight excluding hydrogens is 496 g/mol. The lowest BCUT2D eigenvalue weighted by Crippen LogP contribution is -2.40. The van der Waals surface area contributed by atoms with Crippen molar-refractivity contribution in [2.24, 2.45) is 0 Å². The van der Waals surface area contributed by atoms with Crippen molar-refractivity contribution in [3.8, 4) is 0 Å². The van der Waals surface area contributed by atoms with Gasteiger partial charge in [-0.2, -0.15) is 0 Å². The molecule has 0 spiro atoms. The first-order valence-electron chi connectivity index (χ1n) is 13.7. The molecule has 39 heavy (non-hydrogen) atoms. The monoisotopic (exact) mass is 542 g/mol. The topological polar surface area (TPSA) is 122 Å². The number of hydrogen-bond acceptors (Lipinski definition) is 5. The van der Waals surface area contributed by atoms with E-state index in [9.17, 15) is 24.3 Å². The Hall–Kier alpha value is -3.68. The minimum atomic E-state index is -1.08. The quantitative estimate of drug-likeness (QED) is 0.0719. The third kappa shape index (κ3) is 24.4. The number of nitrogens with one attached hydrogen (secondary N) is 2. The molecule has 0 saturated heterocycles. The van der Waals surface area contributed by atoms with Gasteiger partial charge in [-0.15, -0.1) is 0 Å². The van der Waals surface area contributed by atoms with Gasteiger partial charge in [0.1, 0.15) is 6.04 Å². The van der Waals surface area contributed by atoms with Crippen LogP contribution in [0.2, 0.25) is 0 Å².